The monoisotopic (exact) mass is 296 g/mol. The predicted molar refractivity (Wildman–Crippen MR) is 89.6 cm³/mol. The van der Waals surface area contributed by atoms with Crippen LogP contribution < -0.4 is 0 Å². The van der Waals surface area contributed by atoms with Crippen LogP contribution >= 0.6 is 0 Å². The molecule has 1 atom stereocenters. The molecular weight excluding hydrogens is 260 g/mol. The fourth-order valence-electron chi connectivity index (χ4n) is 3.55. The molecule has 1 unspecified atom stereocenters. The second-order valence-electron chi connectivity index (χ2n) is 6.79. The van der Waals surface area contributed by atoms with E-state index < -0.39 is 0 Å². The maximum Gasteiger partial charge on any atom is 0.135 e. The summed E-state index contributed by atoms with van der Waals surface area (Å²) in [5, 5.41) is 0. The molecular formula is C19H36O2. The van der Waals surface area contributed by atoms with Gasteiger partial charge in [-0.1, -0.05) is 64.7 Å². The maximum absolute atomic E-state index is 12.1. The van der Waals surface area contributed by atoms with Gasteiger partial charge < -0.3 is 4.74 Å². The Labute approximate surface area is 132 Å². The number of hydrogen-bond acceptors (Lipinski definition) is 2. The summed E-state index contributed by atoms with van der Waals surface area (Å²) in [6, 6.07) is 0. The molecule has 0 spiro atoms. The average molecular weight is 296 g/mol. The Balaban J connectivity index is 2.07. The minimum atomic E-state index is 0.183. The van der Waals surface area contributed by atoms with Gasteiger partial charge in [0.2, 0.25) is 0 Å². The van der Waals surface area contributed by atoms with Gasteiger partial charge in [-0.2, -0.15) is 0 Å². The first-order chi connectivity index (χ1) is 10.3. The third-order valence-corrected chi connectivity index (χ3v) is 4.97. The fourth-order valence-corrected chi connectivity index (χ4v) is 3.55. The van der Waals surface area contributed by atoms with Crippen LogP contribution in [0.5, 0.6) is 0 Å². The van der Waals surface area contributed by atoms with Gasteiger partial charge in [0, 0.05) is 20.0 Å². The molecule has 1 rings (SSSR count). The topological polar surface area (TPSA) is 26.3 Å². The number of unbranched alkanes of at least 4 members (excludes halogenated alkanes) is 6. The summed E-state index contributed by atoms with van der Waals surface area (Å²) in [5.41, 5.74) is 0. The van der Waals surface area contributed by atoms with Crippen molar-refractivity contribution < 1.29 is 9.53 Å². The van der Waals surface area contributed by atoms with Crippen molar-refractivity contribution in [2.45, 2.75) is 103 Å². The van der Waals surface area contributed by atoms with Gasteiger partial charge in [-0.05, 0) is 25.2 Å². The number of ketones is 1. The molecule has 0 N–H and O–H groups in total. The molecule has 1 aliphatic carbocycles. The van der Waals surface area contributed by atoms with Crippen molar-refractivity contribution in [3.05, 3.63) is 0 Å². The van der Waals surface area contributed by atoms with Gasteiger partial charge in [-0.25, -0.2) is 0 Å². The third-order valence-electron chi connectivity index (χ3n) is 4.97. The van der Waals surface area contributed by atoms with Crippen molar-refractivity contribution in [2.24, 2.45) is 5.92 Å². The van der Waals surface area contributed by atoms with Gasteiger partial charge in [0.15, 0.2) is 0 Å². The number of Topliss-reactive ketones (excluding diaryl/α,β-unsaturated/α-hetero) is 1. The van der Waals surface area contributed by atoms with E-state index >= 15 is 0 Å². The van der Waals surface area contributed by atoms with E-state index in [9.17, 15) is 4.79 Å². The number of hydrogen-bond donors (Lipinski definition) is 0. The van der Waals surface area contributed by atoms with Crippen molar-refractivity contribution in [3.8, 4) is 0 Å². The van der Waals surface area contributed by atoms with Crippen LogP contribution in [0.2, 0.25) is 0 Å². The first kappa shape index (κ1) is 18.7. The minimum absolute atomic E-state index is 0.183. The standard InChI is InChI=1S/C19H36O2/c1-3-4-5-6-7-8-12-15-18(20)16-19(21-2)17-13-10-9-11-14-17/h17,19H,3-16H2,1-2H3. The number of ether oxygens (including phenoxy) is 1. The molecule has 21 heavy (non-hydrogen) atoms. The molecule has 124 valence electrons. The van der Waals surface area contributed by atoms with E-state index in [0.717, 1.165) is 12.8 Å². The van der Waals surface area contributed by atoms with E-state index in [4.69, 9.17) is 4.74 Å². The van der Waals surface area contributed by atoms with Crippen LogP contribution in [-0.2, 0) is 9.53 Å². The van der Waals surface area contributed by atoms with Crippen molar-refractivity contribution in [2.75, 3.05) is 7.11 Å². The van der Waals surface area contributed by atoms with E-state index in [1.165, 1.54) is 70.6 Å². The van der Waals surface area contributed by atoms with Crippen LogP contribution in [0.1, 0.15) is 96.8 Å². The van der Waals surface area contributed by atoms with E-state index in [2.05, 4.69) is 6.92 Å². The molecule has 1 aliphatic rings. The molecule has 2 nitrogen and oxygen atoms in total. The van der Waals surface area contributed by atoms with Crippen LogP contribution in [0.3, 0.4) is 0 Å². The van der Waals surface area contributed by atoms with Gasteiger partial charge in [0.05, 0.1) is 6.10 Å². The second-order valence-corrected chi connectivity index (χ2v) is 6.79. The molecule has 0 aliphatic heterocycles. The summed E-state index contributed by atoms with van der Waals surface area (Å²) >= 11 is 0. The maximum atomic E-state index is 12.1. The molecule has 0 heterocycles. The second kappa shape index (κ2) is 12.2. The molecule has 2 heteroatoms. The van der Waals surface area contributed by atoms with Crippen LogP contribution in [0.15, 0.2) is 0 Å². The lowest BCUT2D eigenvalue weighted by molar-refractivity contribution is -0.122. The Morgan fingerprint density at radius 2 is 1.62 bits per heavy atom. The fraction of sp³-hybridized carbons (Fsp3) is 0.947. The Bertz CT molecular complexity index is 256. The predicted octanol–water partition coefficient (Wildman–Crippen LogP) is 5.68. The lowest BCUT2D eigenvalue weighted by Crippen LogP contribution is -2.27. The molecule has 0 radical (unpaired) electrons. The van der Waals surface area contributed by atoms with Crippen molar-refractivity contribution in [3.63, 3.8) is 0 Å². The zero-order valence-corrected chi connectivity index (χ0v) is 14.4. The molecule has 1 fully saturated rings. The molecule has 0 aromatic carbocycles. The van der Waals surface area contributed by atoms with E-state index in [1.54, 1.807) is 7.11 Å². The zero-order chi connectivity index (χ0) is 15.3. The van der Waals surface area contributed by atoms with Gasteiger partial charge in [0.25, 0.3) is 0 Å². The summed E-state index contributed by atoms with van der Waals surface area (Å²) in [6.45, 7) is 2.25. The van der Waals surface area contributed by atoms with Gasteiger partial charge in [0.1, 0.15) is 5.78 Å². The van der Waals surface area contributed by atoms with Crippen LogP contribution in [0, 0.1) is 5.92 Å². The van der Waals surface area contributed by atoms with Crippen molar-refractivity contribution in [1.29, 1.82) is 0 Å². The summed E-state index contributed by atoms with van der Waals surface area (Å²) in [7, 11) is 1.78. The summed E-state index contributed by atoms with van der Waals surface area (Å²) in [5.74, 6) is 1.04. The first-order valence-corrected chi connectivity index (χ1v) is 9.32. The number of carbonyl (C=O) groups excluding carboxylic acids is 1. The zero-order valence-electron chi connectivity index (χ0n) is 14.4. The van der Waals surface area contributed by atoms with Crippen molar-refractivity contribution in [1.82, 2.24) is 0 Å². The average Bonchev–Trinajstić information content (AvgIpc) is 2.52. The summed E-state index contributed by atoms with van der Waals surface area (Å²) < 4.78 is 5.61. The SMILES string of the molecule is CCCCCCCCCC(=O)CC(OC)C1CCCCC1. The van der Waals surface area contributed by atoms with E-state index in [-0.39, 0.29) is 6.10 Å². The molecule has 0 aromatic rings. The summed E-state index contributed by atoms with van der Waals surface area (Å²) in [6.07, 6.45) is 17.0. The number of carbonyl (C=O) groups is 1. The summed E-state index contributed by atoms with van der Waals surface area (Å²) in [4.78, 5) is 12.1. The minimum Gasteiger partial charge on any atom is -0.381 e. The molecule has 0 amide bonds. The Morgan fingerprint density at radius 3 is 2.24 bits per heavy atom. The molecule has 0 bridgehead atoms. The lowest BCUT2D eigenvalue weighted by Gasteiger charge is -2.28. The van der Waals surface area contributed by atoms with Crippen LogP contribution in [0.25, 0.3) is 0 Å². The highest BCUT2D eigenvalue weighted by molar-refractivity contribution is 5.78. The van der Waals surface area contributed by atoms with E-state index in [1.807, 2.05) is 0 Å². The highest BCUT2D eigenvalue weighted by Crippen LogP contribution is 2.29. The normalized spacial score (nSPS) is 17.8. The molecule has 1 saturated carbocycles. The van der Waals surface area contributed by atoms with Gasteiger partial charge >= 0.3 is 0 Å². The number of rotatable bonds is 12. The smallest absolute Gasteiger partial charge is 0.135 e. The van der Waals surface area contributed by atoms with Crippen LogP contribution in [-0.4, -0.2) is 19.0 Å². The van der Waals surface area contributed by atoms with Crippen molar-refractivity contribution >= 4 is 5.78 Å². The Kier molecular flexibility index (Phi) is 10.9. The van der Waals surface area contributed by atoms with E-state index in [0.29, 0.717) is 18.1 Å². The first-order valence-electron chi connectivity index (χ1n) is 9.32. The largest absolute Gasteiger partial charge is 0.381 e. The Morgan fingerprint density at radius 1 is 1.00 bits per heavy atom. The van der Waals surface area contributed by atoms with Gasteiger partial charge in [-0.15, -0.1) is 0 Å². The highest BCUT2D eigenvalue weighted by atomic mass is 16.5. The molecule has 0 saturated heterocycles. The third kappa shape index (κ3) is 8.60. The Hall–Kier alpha value is -0.370. The van der Waals surface area contributed by atoms with Crippen LogP contribution in [0.4, 0.5) is 0 Å². The number of methoxy groups -OCH3 is 1. The lowest BCUT2D eigenvalue weighted by atomic mass is 9.83. The quantitative estimate of drug-likeness (QED) is 0.433. The van der Waals surface area contributed by atoms with Gasteiger partial charge in [-0.3, -0.25) is 4.79 Å². The molecule has 0 aromatic heterocycles. The highest BCUT2D eigenvalue weighted by Gasteiger charge is 2.25.